The summed E-state index contributed by atoms with van der Waals surface area (Å²) in [5.41, 5.74) is -0.951. The Morgan fingerprint density at radius 3 is 2.36 bits per heavy atom. The van der Waals surface area contributed by atoms with E-state index in [1.54, 1.807) is 11.0 Å². The molecule has 1 aromatic carbocycles. The van der Waals surface area contributed by atoms with Gasteiger partial charge in [0.05, 0.1) is 5.56 Å². The van der Waals surface area contributed by atoms with Gasteiger partial charge in [0.15, 0.2) is 0 Å². The van der Waals surface area contributed by atoms with E-state index < -0.39 is 29.8 Å². The largest absolute Gasteiger partial charge is 0.416 e. The van der Waals surface area contributed by atoms with Crippen molar-refractivity contribution in [3.8, 4) is 0 Å². The van der Waals surface area contributed by atoms with E-state index in [0.717, 1.165) is 18.2 Å². The van der Waals surface area contributed by atoms with Crippen molar-refractivity contribution < 1.29 is 26.7 Å². The highest BCUT2D eigenvalue weighted by molar-refractivity contribution is 5.92. The molecule has 0 radical (unpaired) electrons. The summed E-state index contributed by atoms with van der Waals surface area (Å²) in [6.07, 6.45) is -7.24. The fourth-order valence-corrected chi connectivity index (χ4v) is 3.02. The number of aryl methyl sites for hydroxylation is 1. The molecule has 1 fully saturated rings. The SMILES string of the molecule is Cc1nc(C(=O)N2CCN(c3cccc(C(F)(F)F)c3)CC2)cc(C(F)F)n1. The molecule has 0 atom stereocenters. The Balaban J connectivity index is 1.70. The van der Waals surface area contributed by atoms with Gasteiger partial charge in [0.1, 0.15) is 17.2 Å². The van der Waals surface area contributed by atoms with Crippen LogP contribution < -0.4 is 4.90 Å². The third kappa shape index (κ3) is 4.37. The van der Waals surface area contributed by atoms with Crippen molar-refractivity contribution >= 4 is 11.6 Å². The Bertz CT molecular complexity index is 863. The zero-order valence-corrected chi connectivity index (χ0v) is 14.9. The lowest BCUT2D eigenvalue weighted by Crippen LogP contribution is -2.49. The van der Waals surface area contributed by atoms with Crippen LogP contribution in [0, 0.1) is 6.92 Å². The first-order chi connectivity index (χ1) is 13.1. The van der Waals surface area contributed by atoms with Crippen molar-refractivity contribution in [3.05, 3.63) is 53.1 Å². The third-order valence-corrected chi connectivity index (χ3v) is 4.41. The van der Waals surface area contributed by atoms with E-state index in [2.05, 4.69) is 9.97 Å². The number of amides is 1. The van der Waals surface area contributed by atoms with Crippen LogP contribution in [-0.2, 0) is 6.18 Å². The molecule has 0 bridgehead atoms. The highest BCUT2D eigenvalue weighted by Crippen LogP contribution is 2.32. The summed E-state index contributed by atoms with van der Waals surface area (Å²) in [6.45, 7) is 2.54. The lowest BCUT2D eigenvalue weighted by Gasteiger charge is -2.36. The van der Waals surface area contributed by atoms with E-state index in [0.29, 0.717) is 18.8 Å². The molecule has 5 nitrogen and oxygen atoms in total. The van der Waals surface area contributed by atoms with Crippen molar-refractivity contribution in [2.45, 2.75) is 19.5 Å². The number of hydrogen-bond acceptors (Lipinski definition) is 4. The molecule has 28 heavy (non-hydrogen) atoms. The fraction of sp³-hybridized carbons (Fsp3) is 0.389. The lowest BCUT2D eigenvalue weighted by atomic mass is 10.1. The van der Waals surface area contributed by atoms with E-state index in [1.165, 1.54) is 17.9 Å². The molecule has 0 N–H and O–H groups in total. The summed E-state index contributed by atoms with van der Waals surface area (Å²) in [7, 11) is 0. The molecule has 1 saturated heterocycles. The molecule has 0 unspecified atom stereocenters. The number of hydrogen-bond donors (Lipinski definition) is 0. The summed E-state index contributed by atoms with van der Waals surface area (Å²) in [5.74, 6) is -0.431. The van der Waals surface area contributed by atoms with Crippen molar-refractivity contribution in [2.24, 2.45) is 0 Å². The molecule has 150 valence electrons. The summed E-state index contributed by atoms with van der Waals surface area (Å²) in [6, 6.07) is 5.96. The van der Waals surface area contributed by atoms with Gasteiger partial charge in [-0.1, -0.05) is 6.07 Å². The van der Waals surface area contributed by atoms with Gasteiger partial charge >= 0.3 is 6.18 Å². The maximum Gasteiger partial charge on any atom is 0.416 e. The Kier molecular flexibility index (Phi) is 5.48. The van der Waals surface area contributed by atoms with Crippen molar-refractivity contribution in [3.63, 3.8) is 0 Å². The second-order valence-corrected chi connectivity index (χ2v) is 6.35. The van der Waals surface area contributed by atoms with Crippen molar-refractivity contribution in [1.29, 1.82) is 0 Å². The Hall–Kier alpha value is -2.78. The third-order valence-electron chi connectivity index (χ3n) is 4.41. The molecule has 0 aliphatic carbocycles. The van der Waals surface area contributed by atoms with Gasteiger partial charge in [0.2, 0.25) is 0 Å². The predicted molar refractivity (Wildman–Crippen MR) is 91.3 cm³/mol. The van der Waals surface area contributed by atoms with Gasteiger partial charge in [-0.2, -0.15) is 13.2 Å². The quantitative estimate of drug-likeness (QED) is 0.738. The molecule has 1 aromatic heterocycles. The molecule has 1 amide bonds. The van der Waals surface area contributed by atoms with E-state index in [1.807, 2.05) is 0 Å². The zero-order chi connectivity index (χ0) is 20.5. The van der Waals surface area contributed by atoms with Gasteiger partial charge in [-0.15, -0.1) is 0 Å². The van der Waals surface area contributed by atoms with Crippen LogP contribution in [0.15, 0.2) is 30.3 Å². The maximum absolute atomic E-state index is 12.9. The number of benzene rings is 1. The number of piperazine rings is 1. The first-order valence-corrected chi connectivity index (χ1v) is 8.50. The summed E-state index contributed by atoms with van der Waals surface area (Å²) in [4.78, 5) is 23.3. The molecule has 0 spiro atoms. The van der Waals surface area contributed by atoms with Crippen LogP contribution in [0.25, 0.3) is 0 Å². The van der Waals surface area contributed by atoms with E-state index in [9.17, 15) is 26.7 Å². The monoisotopic (exact) mass is 400 g/mol. The normalized spacial score (nSPS) is 15.2. The minimum absolute atomic E-state index is 0.0729. The highest BCUT2D eigenvalue weighted by Gasteiger charge is 2.31. The Labute approximate surface area is 157 Å². The van der Waals surface area contributed by atoms with Crippen molar-refractivity contribution in [2.75, 3.05) is 31.1 Å². The van der Waals surface area contributed by atoms with Gasteiger partial charge in [-0.05, 0) is 31.2 Å². The number of nitrogens with zero attached hydrogens (tertiary/aromatic N) is 4. The highest BCUT2D eigenvalue weighted by atomic mass is 19.4. The molecule has 2 heterocycles. The van der Waals surface area contributed by atoms with Crippen LogP contribution in [0.2, 0.25) is 0 Å². The number of aromatic nitrogens is 2. The van der Waals surface area contributed by atoms with Crippen LogP contribution in [0.1, 0.15) is 34.0 Å². The number of alkyl halides is 5. The molecular weight excluding hydrogens is 383 g/mol. The Morgan fingerprint density at radius 1 is 1.07 bits per heavy atom. The molecule has 1 aliphatic heterocycles. The van der Waals surface area contributed by atoms with E-state index in [4.69, 9.17) is 0 Å². The van der Waals surface area contributed by atoms with Gasteiger partial charge in [0, 0.05) is 31.9 Å². The zero-order valence-electron chi connectivity index (χ0n) is 14.9. The standard InChI is InChI=1S/C18H17F5N4O/c1-11-24-14(16(19)20)10-15(25-11)17(28)27-7-5-26(6-8-27)13-4-2-3-12(9-13)18(21,22)23/h2-4,9-10,16H,5-8H2,1H3. The first kappa shape index (κ1) is 20.0. The number of anilines is 1. The van der Waals surface area contributed by atoms with E-state index >= 15 is 0 Å². The van der Waals surface area contributed by atoms with Gasteiger partial charge in [-0.25, -0.2) is 18.7 Å². The predicted octanol–water partition coefficient (Wildman–Crippen LogP) is 3.70. The molecule has 2 aromatic rings. The topological polar surface area (TPSA) is 49.3 Å². The van der Waals surface area contributed by atoms with Crippen LogP contribution in [-0.4, -0.2) is 47.0 Å². The van der Waals surface area contributed by atoms with Crippen LogP contribution in [0.4, 0.5) is 27.6 Å². The Morgan fingerprint density at radius 2 is 1.75 bits per heavy atom. The minimum Gasteiger partial charge on any atom is -0.368 e. The van der Waals surface area contributed by atoms with Crippen molar-refractivity contribution in [1.82, 2.24) is 14.9 Å². The van der Waals surface area contributed by atoms with Gasteiger partial charge in [-0.3, -0.25) is 4.79 Å². The average Bonchev–Trinajstić information content (AvgIpc) is 2.66. The molecule has 1 aliphatic rings. The average molecular weight is 400 g/mol. The van der Waals surface area contributed by atoms with Gasteiger partial charge in [0.25, 0.3) is 12.3 Å². The molecular formula is C18H17F5N4O. The smallest absolute Gasteiger partial charge is 0.368 e. The van der Waals surface area contributed by atoms with Gasteiger partial charge < -0.3 is 9.80 Å². The lowest BCUT2D eigenvalue weighted by molar-refractivity contribution is -0.137. The van der Waals surface area contributed by atoms with Crippen LogP contribution >= 0.6 is 0 Å². The summed E-state index contributed by atoms with van der Waals surface area (Å²) >= 11 is 0. The second-order valence-electron chi connectivity index (χ2n) is 6.35. The first-order valence-electron chi connectivity index (χ1n) is 8.50. The molecule has 3 rings (SSSR count). The number of carbonyl (C=O) groups is 1. The minimum atomic E-state index is -4.43. The summed E-state index contributed by atoms with van der Waals surface area (Å²) in [5, 5.41) is 0. The van der Waals surface area contributed by atoms with Crippen LogP contribution in [0.3, 0.4) is 0 Å². The molecule has 0 saturated carbocycles. The van der Waals surface area contributed by atoms with E-state index in [-0.39, 0.29) is 24.6 Å². The number of rotatable bonds is 3. The fourth-order valence-electron chi connectivity index (χ4n) is 3.02. The number of halogens is 5. The molecule has 10 heteroatoms. The summed E-state index contributed by atoms with van der Waals surface area (Å²) < 4.78 is 64.4. The number of carbonyl (C=O) groups excluding carboxylic acids is 1. The maximum atomic E-state index is 12.9. The second kappa shape index (κ2) is 7.69. The van der Waals surface area contributed by atoms with Crippen LogP contribution in [0.5, 0.6) is 0 Å².